The number of carboxylic acid groups (broad SMARTS) is 1. The van der Waals surface area contributed by atoms with Crippen molar-refractivity contribution in [3.05, 3.63) is 54.4 Å². The van der Waals surface area contributed by atoms with Crippen LogP contribution in [0.25, 0.3) is 0 Å². The number of alkyl halides is 3. The number of sulfone groups is 1. The number of aromatic nitrogens is 1. The zero-order chi connectivity index (χ0) is 30.0. The fourth-order valence-electron chi connectivity index (χ4n) is 3.75. The highest BCUT2D eigenvalue weighted by Crippen LogP contribution is 2.36. The number of hydroxylamine groups is 1. The van der Waals surface area contributed by atoms with Crippen LogP contribution in [0.1, 0.15) is 30.1 Å². The van der Waals surface area contributed by atoms with Crippen LogP contribution < -0.4 is 10.2 Å². The van der Waals surface area contributed by atoms with Crippen LogP contribution in [0.4, 0.5) is 13.2 Å². The zero-order valence-electron chi connectivity index (χ0n) is 21.1. The summed E-state index contributed by atoms with van der Waals surface area (Å²) in [4.78, 5) is 39.7. The number of likely N-dealkylation sites (tertiary alicyclic amines) is 1. The largest absolute Gasteiger partial charge is 0.490 e. The summed E-state index contributed by atoms with van der Waals surface area (Å²) in [6.07, 6.45) is -1.90. The summed E-state index contributed by atoms with van der Waals surface area (Å²) in [5, 5.41) is 16.4. The Morgan fingerprint density at radius 3 is 2.23 bits per heavy atom. The number of carbonyl (C=O) groups excluding carboxylic acids is 2. The van der Waals surface area contributed by atoms with Gasteiger partial charge in [0.1, 0.15) is 12.4 Å². The third-order valence-electron chi connectivity index (χ3n) is 5.88. The molecule has 3 N–H and O–H groups in total. The molecule has 0 saturated carbocycles. The number of rotatable bonds is 7. The third kappa shape index (κ3) is 8.68. The van der Waals surface area contributed by atoms with Crippen molar-refractivity contribution in [2.45, 2.75) is 30.8 Å². The lowest BCUT2D eigenvalue weighted by Crippen LogP contribution is -2.52. The molecule has 15 heteroatoms. The first-order valence-corrected chi connectivity index (χ1v) is 13.2. The molecule has 0 unspecified atom stereocenters. The van der Waals surface area contributed by atoms with Gasteiger partial charge in [-0.15, -0.1) is 5.92 Å². The van der Waals surface area contributed by atoms with E-state index in [4.69, 9.17) is 14.6 Å². The van der Waals surface area contributed by atoms with Gasteiger partial charge in [0.2, 0.25) is 0 Å². The molecule has 1 aliphatic rings. The average molecular weight is 586 g/mol. The molecule has 0 spiro atoms. The first-order valence-electron chi connectivity index (χ1n) is 11.5. The van der Waals surface area contributed by atoms with E-state index in [9.17, 15) is 36.4 Å². The fourth-order valence-corrected chi connectivity index (χ4v) is 5.61. The molecule has 11 nitrogen and oxygen atoms in total. The lowest BCUT2D eigenvalue weighted by atomic mass is 9.79. The van der Waals surface area contributed by atoms with Crippen molar-refractivity contribution in [1.82, 2.24) is 15.4 Å². The molecule has 40 heavy (non-hydrogen) atoms. The van der Waals surface area contributed by atoms with Gasteiger partial charge in [-0.25, -0.2) is 18.7 Å². The molecule has 1 fully saturated rings. The van der Waals surface area contributed by atoms with Crippen LogP contribution in [0.3, 0.4) is 0 Å². The Bertz CT molecular complexity index is 1350. The molecular formula is C25H26F3N3O8S. The lowest BCUT2D eigenvalue weighted by molar-refractivity contribution is -0.192. The average Bonchev–Trinajstić information content (AvgIpc) is 2.93. The molecule has 3 rings (SSSR count). The summed E-state index contributed by atoms with van der Waals surface area (Å²) in [7, 11) is -3.87. The van der Waals surface area contributed by atoms with Crippen molar-refractivity contribution in [1.29, 1.82) is 0 Å². The summed E-state index contributed by atoms with van der Waals surface area (Å²) in [6.45, 7) is 2.22. The van der Waals surface area contributed by atoms with Gasteiger partial charge < -0.3 is 14.7 Å². The molecule has 1 aromatic carbocycles. The molecule has 1 saturated heterocycles. The lowest BCUT2D eigenvalue weighted by Gasteiger charge is -2.39. The third-order valence-corrected chi connectivity index (χ3v) is 7.80. The Hall–Kier alpha value is -4.16. The van der Waals surface area contributed by atoms with E-state index in [-0.39, 0.29) is 43.3 Å². The highest BCUT2D eigenvalue weighted by atomic mass is 32.2. The standard InChI is InChI=1S/C23H25N3O6S.C2HF3O2/c1-2-3-15-32-19-6-8-20(9-7-19)33(30,31)17-23(22(28)25-29)10-13-26(14-11-23)21(27)18-5-4-12-24-16-18;3-2(4,5)1(6)7/h4-9,12,16,29H,10-11,13-15,17H2,1H3,(H,25,28);(H,6,7). The van der Waals surface area contributed by atoms with Crippen molar-refractivity contribution in [3.63, 3.8) is 0 Å². The maximum atomic E-state index is 13.1. The number of carbonyl (C=O) groups is 3. The number of amides is 2. The maximum absolute atomic E-state index is 13.1. The predicted octanol–water partition coefficient (Wildman–Crippen LogP) is 2.32. The Morgan fingerprint density at radius 2 is 1.75 bits per heavy atom. The zero-order valence-corrected chi connectivity index (χ0v) is 22.0. The van der Waals surface area contributed by atoms with E-state index in [1.165, 1.54) is 30.5 Å². The summed E-state index contributed by atoms with van der Waals surface area (Å²) in [5.41, 5.74) is 0.657. The van der Waals surface area contributed by atoms with Crippen molar-refractivity contribution in [2.24, 2.45) is 5.41 Å². The summed E-state index contributed by atoms with van der Waals surface area (Å²) in [6, 6.07) is 9.17. The molecule has 0 radical (unpaired) electrons. The van der Waals surface area contributed by atoms with E-state index in [1.807, 2.05) is 0 Å². The second-order valence-electron chi connectivity index (χ2n) is 8.50. The number of hydrogen-bond acceptors (Lipinski definition) is 8. The second kappa shape index (κ2) is 13.8. The van der Waals surface area contributed by atoms with Crippen LogP contribution in [-0.4, -0.2) is 78.0 Å². The van der Waals surface area contributed by atoms with Gasteiger partial charge in [-0.3, -0.25) is 19.8 Å². The summed E-state index contributed by atoms with van der Waals surface area (Å²) < 4.78 is 63.4. The molecule has 216 valence electrons. The minimum Gasteiger partial charge on any atom is -0.481 e. The van der Waals surface area contributed by atoms with Gasteiger partial charge in [-0.2, -0.15) is 13.2 Å². The highest BCUT2D eigenvalue weighted by molar-refractivity contribution is 7.91. The number of ether oxygens (including phenoxy) is 1. The van der Waals surface area contributed by atoms with Crippen LogP contribution in [0.5, 0.6) is 5.75 Å². The van der Waals surface area contributed by atoms with Gasteiger partial charge in [0.25, 0.3) is 11.8 Å². The Labute approximate surface area is 227 Å². The number of hydrogen-bond donors (Lipinski definition) is 3. The van der Waals surface area contributed by atoms with Gasteiger partial charge in [0.15, 0.2) is 9.84 Å². The number of aliphatic carboxylic acids is 1. The Morgan fingerprint density at radius 1 is 1.15 bits per heavy atom. The van der Waals surface area contributed by atoms with Crippen LogP contribution >= 0.6 is 0 Å². The molecular weight excluding hydrogens is 559 g/mol. The minimum absolute atomic E-state index is 0.0374. The SMILES string of the molecule is CC#CCOc1ccc(S(=O)(=O)CC2(C(=O)NO)CCN(C(=O)c3cccnc3)CC2)cc1.O=C(O)C(F)(F)F. The molecule has 1 aliphatic heterocycles. The van der Waals surface area contributed by atoms with E-state index < -0.39 is 39.1 Å². The first kappa shape index (κ1) is 32.1. The van der Waals surface area contributed by atoms with E-state index >= 15 is 0 Å². The number of pyridine rings is 1. The molecule has 2 amide bonds. The molecule has 2 aromatic rings. The Balaban J connectivity index is 0.000000708. The molecule has 0 aliphatic carbocycles. The smallest absolute Gasteiger partial charge is 0.481 e. The summed E-state index contributed by atoms with van der Waals surface area (Å²) >= 11 is 0. The molecule has 1 aromatic heterocycles. The van der Waals surface area contributed by atoms with Crippen LogP contribution in [0.15, 0.2) is 53.7 Å². The van der Waals surface area contributed by atoms with Crippen molar-refractivity contribution in [3.8, 4) is 17.6 Å². The molecule has 0 atom stereocenters. The van der Waals surface area contributed by atoms with Crippen LogP contribution in [0.2, 0.25) is 0 Å². The van der Waals surface area contributed by atoms with Gasteiger partial charge in [-0.05, 0) is 56.2 Å². The number of piperidine rings is 1. The number of halogens is 3. The fraction of sp³-hybridized carbons (Fsp3) is 0.360. The van der Waals surface area contributed by atoms with Gasteiger partial charge >= 0.3 is 12.1 Å². The number of nitrogens with zero attached hydrogens (tertiary/aromatic N) is 2. The topological polar surface area (TPSA) is 163 Å². The van der Waals surface area contributed by atoms with E-state index in [1.54, 1.807) is 35.6 Å². The minimum atomic E-state index is -5.08. The van der Waals surface area contributed by atoms with Crippen LogP contribution in [-0.2, 0) is 19.4 Å². The van der Waals surface area contributed by atoms with E-state index in [2.05, 4.69) is 16.8 Å². The second-order valence-corrected chi connectivity index (χ2v) is 10.5. The van der Waals surface area contributed by atoms with Crippen molar-refractivity contribution >= 4 is 27.6 Å². The molecule has 0 bridgehead atoms. The number of benzene rings is 1. The van der Waals surface area contributed by atoms with Gasteiger partial charge in [0.05, 0.1) is 21.6 Å². The normalized spacial score (nSPS) is 14.5. The van der Waals surface area contributed by atoms with Gasteiger partial charge in [-0.1, -0.05) is 5.92 Å². The molecule has 2 heterocycles. The highest BCUT2D eigenvalue weighted by Gasteiger charge is 2.46. The van der Waals surface area contributed by atoms with Crippen molar-refractivity contribution < 1.29 is 51.0 Å². The number of nitrogens with one attached hydrogen (secondary N) is 1. The number of carboxylic acids is 1. The first-order chi connectivity index (χ1) is 18.8. The van der Waals surface area contributed by atoms with Crippen molar-refractivity contribution in [2.75, 3.05) is 25.4 Å². The quantitative estimate of drug-likeness (QED) is 0.251. The van der Waals surface area contributed by atoms with E-state index in [0.29, 0.717) is 11.3 Å². The van der Waals surface area contributed by atoms with E-state index in [0.717, 1.165) is 0 Å². The predicted molar refractivity (Wildman–Crippen MR) is 133 cm³/mol. The maximum Gasteiger partial charge on any atom is 0.490 e. The van der Waals surface area contributed by atoms with Crippen LogP contribution in [0, 0.1) is 17.3 Å². The Kier molecular flexibility index (Phi) is 11.0. The summed E-state index contributed by atoms with van der Waals surface area (Å²) in [5.74, 6) is 1.65. The van der Waals surface area contributed by atoms with Gasteiger partial charge in [0, 0.05) is 25.5 Å². The monoisotopic (exact) mass is 585 g/mol.